The van der Waals surface area contributed by atoms with Gasteiger partial charge in [-0.25, -0.2) is 0 Å². The fourth-order valence-electron chi connectivity index (χ4n) is 2.21. The molecule has 2 amide bonds. The number of anilines is 1. The van der Waals surface area contributed by atoms with E-state index in [1.807, 2.05) is 6.07 Å². The third-order valence-corrected chi connectivity index (χ3v) is 3.36. The maximum atomic E-state index is 12.2. The Bertz CT molecular complexity index is 727. The second-order valence-corrected chi connectivity index (χ2v) is 6.07. The molecule has 2 rings (SSSR count). The molecule has 0 spiro atoms. The average Bonchev–Trinajstić information content (AvgIpc) is 2.99. The second-order valence-electron chi connectivity index (χ2n) is 6.07. The van der Waals surface area contributed by atoms with Crippen LogP contribution in [-0.2, 0) is 17.8 Å². The Morgan fingerprint density at radius 2 is 2.04 bits per heavy atom. The van der Waals surface area contributed by atoms with Gasteiger partial charge in [-0.05, 0) is 18.1 Å². The zero-order chi connectivity index (χ0) is 18.2. The second kappa shape index (κ2) is 8.81. The van der Waals surface area contributed by atoms with Gasteiger partial charge in [0.05, 0.1) is 12.1 Å². The predicted molar refractivity (Wildman–Crippen MR) is 92.8 cm³/mol. The van der Waals surface area contributed by atoms with Gasteiger partial charge in [-0.1, -0.05) is 31.1 Å². The Morgan fingerprint density at radius 3 is 2.76 bits per heavy atom. The fourth-order valence-corrected chi connectivity index (χ4v) is 2.21. The van der Waals surface area contributed by atoms with Crippen LogP contribution in [0.4, 0.5) is 5.69 Å². The van der Waals surface area contributed by atoms with Crippen molar-refractivity contribution in [3.63, 3.8) is 0 Å². The summed E-state index contributed by atoms with van der Waals surface area (Å²) in [5.41, 5.74) is 6.17. The van der Waals surface area contributed by atoms with Crippen LogP contribution in [0.2, 0.25) is 0 Å². The molecule has 1 aromatic heterocycles. The first-order chi connectivity index (χ1) is 12.0. The summed E-state index contributed by atoms with van der Waals surface area (Å²) >= 11 is 0. The van der Waals surface area contributed by atoms with Gasteiger partial charge in [0, 0.05) is 25.1 Å². The summed E-state index contributed by atoms with van der Waals surface area (Å²) in [7, 11) is 0. The van der Waals surface area contributed by atoms with Gasteiger partial charge in [0.2, 0.25) is 11.8 Å². The molecule has 0 saturated carbocycles. The smallest absolute Gasteiger partial charge is 0.253 e. The number of hydrogen-bond donors (Lipinski definition) is 3. The highest BCUT2D eigenvalue weighted by molar-refractivity contribution is 5.99. The third kappa shape index (κ3) is 5.91. The Hall–Kier alpha value is -2.90. The number of primary amides is 1. The fraction of sp³-hybridized carbons (Fsp3) is 0.412. The largest absolute Gasteiger partial charge is 0.375 e. The van der Waals surface area contributed by atoms with Gasteiger partial charge in [0.25, 0.3) is 5.91 Å². The molecule has 134 valence electrons. The molecule has 8 nitrogen and oxygen atoms in total. The zero-order valence-electron chi connectivity index (χ0n) is 14.4. The summed E-state index contributed by atoms with van der Waals surface area (Å²) in [4.78, 5) is 27.3. The van der Waals surface area contributed by atoms with E-state index in [2.05, 4.69) is 34.6 Å². The number of aromatic nitrogens is 2. The highest BCUT2D eigenvalue weighted by Crippen LogP contribution is 2.16. The zero-order valence-corrected chi connectivity index (χ0v) is 14.4. The van der Waals surface area contributed by atoms with Crippen molar-refractivity contribution < 1.29 is 14.1 Å². The SMILES string of the molecule is CC(C)Cc1noc(CNc2ccccc2C(=O)NCCC(N)=O)n1. The van der Waals surface area contributed by atoms with Gasteiger partial charge < -0.3 is 20.9 Å². The molecule has 0 aliphatic rings. The molecular formula is C17H23N5O3. The molecule has 0 bridgehead atoms. The van der Waals surface area contributed by atoms with Crippen molar-refractivity contribution in [2.24, 2.45) is 11.7 Å². The van der Waals surface area contributed by atoms with Crippen molar-refractivity contribution in [1.29, 1.82) is 0 Å². The minimum atomic E-state index is -0.458. The summed E-state index contributed by atoms with van der Waals surface area (Å²) in [6.45, 7) is 4.68. The molecule has 1 aromatic carbocycles. The van der Waals surface area contributed by atoms with Crippen molar-refractivity contribution in [2.75, 3.05) is 11.9 Å². The van der Waals surface area contributed by atoms with Crippen LogP contribution in [0.25, 0.3) is 0 Å². The lowest BCUT2D eigenvalue weighted by Gasteiger charge is -2.10. The number of nitrogens with one attached hydrogen (secondary N) is 2. The number of hydrogen-bond acceptors (Lipinski definition) is 6. The van der Waals surface area contributed by atoms with Crippen molar-refractivity contribution in [2.45, 2.75) is 33.2 Å². The van der Waals surface area contributed by atoms with Crippen molar-refractivity contribution in [3.05, 3.63) is 41.5 Å². The maximum absolute atomic E-state index is 12.2. The molecule has 0 fully saturated rings. The molecule has 4 N–H and O–H groups in total. The monoisotopic (exact) mass is 345 g/mol. The van der Waals surface area contributed by atoms with E-state index >= 15 is 0 Å². The standard InChI is InChI=1S/C17H23N5O3/c1-11(2)9-15-21-16(25-22-15)10-20-13-6-4-3-5-12(13)17(24)19-8-7-14(18)23/h3-6,11,20H,7-10H2,1-2H3,(H2,18,23)(H,19,24). The van der Waals surface area contributed by atoms with E-state index in [9.17, 15) is 9.59 Å². The van der Waals surface area contributed by atoms with Crippen molar-refractivity contribution >= 4 is 17.5 Å². The lowest BCUT2D eigenvalue weighted by atomic mass is 10.1. The molecule has 0 aliphatic heterocycles. The Labute approximate surface area is 146 Å². The Kier molecular flexibility index (Phi) is 6.50. The minimum Gasteiger partial charge on any atom is -0.375 e. The van der Waals surface area contributed by atoms with Crippen molar-refractivity contribution in [3.8, 4) is 0 Å². The van der Waals surface area contributed by atoms with Crippen LogP contribution in [-0.4, -0.2) is 28.5 Å². The van der Waals surface area contributed by atoms with E-state index in [1.165, 1.54) is 0 Å². The maximum Gasteiger partial charge on any atom is 0.253 e. The summed E-state index contributed by atoms with van der Waals surface area (Å²) in [5, 5.41) is 9.72. The first kappa shape index (κ1) is 18.4. The molecule has 1 heterocycles. The third-order valence-electron chi connectivity index (χ3n) is 3.36. The molecule has 25 heavy (non-hydrogen) atoms. The summed E-state index contributed by atoms with van der Waals surface area (Å²) in [6, 6.07) is 7.07. The summed E-state index contributed by atoms with van der Waals surface area (Å²) < 4.78 is 5.20. The van der Waals surface area contributed by atoms with E-state index in [4.69, 9.17) is 10.3 Å². The summed E-state index contributed by atoms with van der Waals surface area (Å²) in [6.07, 6.45) is 0.851. The number of nitrogens with two attached hydrogens (primary N) is 1. The molecule has 0 atom stereocenters. The average molecular weight is 345 g/mol. The van der Waals surface area contributed by atoms with E-state index in [-0.39, 0.29) is 18.9 Å². The van der Waals surface area contributed by atoms with Gasteiger partial charge in [-0.15, -0.1) is 0 Å². The molecule has 8 heteroatoms. The quantitative estimate of drug-likeness (QED) is 0.632. The highest BCUT2D eigenvalue weighted by Gasteiger charge is 2.12. The van der Waals surface area contributed by atoms with Crippen LogP contribution in [0.3, 0.4) is 0 Å². The first-order valence-corrected chi connectivity index (χ1v) is 8.16. The molecule has 0 aliphatic carbocycles. The van der Waals surface area contributed by atoms with Crippen LogP contribution in [0.5, 0.6) is 0 Å². The number of para-hydroxylation sites is 1. The number of rotatable bonds is 9. The van der Waals surface area contributed by atoms with Crippen LogP contribution < -0.4 is 16.4 Å². The number of nitrogens with zero attached hydrogens (tertiary/aromatic N) is 2. The van der Waals surface area contributed by atoms with Gasteiger partial charge in [0.1, 0.15) is 0 Å². The van der Waals surface area contributed by atoms with Crippen LogP contribution in [0.15, 0.2) is 28.8 Å². The normalized spacial score (nSPS) is 10.7. The van der Waals surface area contributed by atoms with E-state index in [0.717, 1.165) is 6.42 Å². The Morgan fingerprint density at radius 1 is 1.28 bits per heavy atom. The van der Waals surface area contributed by atoms with Gasteiger partial charge in [-0.3, -0.25) is 9.59 Å². The molecule has 0 unspecified atom stereocenters. The number of carbonyl (C=O) groups is 2. The van der Waals surface area contributed by atoms with Crippen LogP contribution >= 0.6 is 0 Å². The molecule has 2 aromatic rings. The Balaban J connectivity index is 1.96. The molecular weight excluding hydrogens is 322 g/mol. The van der Waals surface area contributed by atoms with Crippen molar-refractivity contribution in [1.82, 2.24) is 15.5 Å². The van der Waals surface area contributed by atoms with Crippen LogP contribution in [0.1, 0.15) is 42.3 Å². The topological polar surface area (TPSA) is 123 Å². The molecule has 0 radical (unpaired) electrons. The lowest BCUT2D eigenvalue weighted by molar-refractivity contribution is -0.117. The number of benzene rings is 1. The van der Waals surface area contributed by atoms with Gasteiger partial charge in [0.15, 0.2) is 5.82 Å². The first-order valence-electron chi connectivity index (χ1n) is 8.16. The van der Waals surface area contributed by atoms with E-state index in [0.29, 0.717) is 35.4 Å². The van der Waals surface area contributed by atoms with E-state index in [1.54, 1.807) is 18.2 Å². The minimum absolute atomic E-state index is 0.0992. The number of amides is 2. The summed E-state index contributed by atoms with van der Waals surface area (Å²) in [5.74, 6) is 0.836. The number of carbonyl (C=O) groups excluding carboxylic acids is 2. The van der Waals surface area contributed by atoms with Gasteiger partial charge in [-0.2, -0.15) is 4.98 Å². The molecule has 0 saturated heterocycles. The van der Waals surface area contributed by atoms with Crippen LogP contribution in [0, 0.1) is 5.92 Å². The van der Waals surface area contributed by atoms with E-state index < -0.39 is 5.91 Å². The van der Waals surface area contributed by atoms with Gasteiger partial charge >= 0.3 is 0 Å². The predicted octanol–water partition coefficient (Wildman–Crippen LogP) is 1.49. The highest BCUT2D eigenvalue weighted by atomic mass is 16.5. The lowest BCUT2D eigenvalue weighted by Crippen LogP contribution is -2.28.